The third-order valence-corrected chi connectivity index (χ3v) is 2.77. The molecular weight excluding hydrogens is 242 g/mol. The summed E-state index contributed by atoms with van der Waals surface area (Å²) in [5.74, 6) is 0.867. The van der Waals surface area contributed by atoms with Gasteiger partial charge in [-0.15, -0.1) is 0 Å². The molecule has 0 bridgehead atoms. The molecule has 0 spiro atoms. The zero-order valence-electron chi connectivity index (χ0n) is 11.1. The van der Waals surface area contributed by atoms with Gasteiger partial charge < -0.3 is 10.4 Å². The number of nitrogens with zero attached hydrogens (tertiary/aromatic N) is 2. The predicted molar refractivity (Wildman–Crippen MR) is 74.4 cm³/mol. The Hall–Kier alpha value is -2.17. The molecular formula is C14H17N3O2. The van der Waals surface area contributed by atoms with E-state index in [1.54, 1.807) is 0 Å². The van der Waals surface area contributed by atoms with Gasteiger partial charge >= 0.3 is 5.97 Å². The summed E-state index contributed by atoms with van der Waals surface area (Å²) in [4.78, 5) is 19.5. The van der Waals surface area contributed by atoms with Gasteiger partial charge in [0.05, 0.1) is 11.9 Å². The van der Waals surface area contributed by atoms with Gasteiger partial charge in [0.15, 0.2) is 0 Å². The van der Waals surface area contributed by atoms with E-state index in [9.17, 15) is 4.79 Å². The minimum Gasteiger partial charge on any atom is -0.481 e. The van der Waals surface area contributed by atoms with Gasteiger partial charge in [-0.25, -0.2) is 9.97 Å². The van der Waals surface area contributed by atoms with Crippen molar-refractivity contribution in [2.45, 2.75) is 26.2 Å². The van der Waals surface area contributed by atoms with Crippen molar-refractivity contribution >= 4 is 22.7 Å². The van der Waals surface area contributed by atoms with Crippen molar-refractivity contribution in [3.63, 3.8) is 0 Å². The van der Waals surface area contributed by atoms with Crippen LogP contribution in [0.5, 0.6) is 0 Å². The highest BCUT2D eigenvalue weighted by molar-refractivity contribution is 5.89. The zero-order valence-corrected chi connectivity index (χ0v) is 11.1. The number of hydrogen-bond donors (Lipinski definition) is 2. The molecule has 2 N–H and O–H groups in total. The average Bonchev–Trinajstić information content (AvgIpc) is 2.38. The summed E-state index contributed by atoms with van der Waals surface area (Å²) in [6.07, 6.45) is 0.0648. The van der Waals surface area contributed by atoms with Crippen LogP contribution in [0.3, 0.4) is 0 Å². The van der Waals surface area contributed by atoms with Gasteiger partial charge in [0.2, 0.25) is 0 Å². The lowest BCUT2D eigenvalue weighted by atomic mass is 10.1. The van der Waals surface area contributed by atoms with E-state index in [4.69, 9.17) is 5.11 Å². The van der Waals surface area contributed by atoms with Gasteiger partial charge in [0, 0.05) is 17.8 Å². The monoisotopic (exact) mass is 259 g/mol. The Morgan fingerprint density at radius 1 is 1.32 bits per heavy atom. The summed E-state index contributed by atoms with van der Waals surface area (Å²) in [5, 5.41) is 12.7. The van der Waals surface area contributed by atoms with Gasteiger partial charge in [-0.3, -0.25) is 4.79 Å². The van der Waals surface area contributed by atoms with E-state index in [1.807, 2.05) is 38.1 Å². The summed E-state index contributed by atoms with van der Waals surface area (Å²) < 4.78 is 0. The van der Waals surface area contributed by atoms with Crippen LogP contribution in [-0.2, 0) is 4.79 Å². The van der Waals surface area contributed by atoms with E-state index in [0.717, 1.165) is 16.7 Å². The Morgan fingerprint density at radius 3 is 2.74 bits per heavy atom. The van der Waals surface area contributed by atoms with Crippen molar-refractivity contribution in [3.05, 3.63) is 30.1 Å². The molecule has 5 nitrogen and oxygen atoms in total. The second-order valence-electron chi connectivity index (χ2n) is 4.67. The largest absolute Gasteiger partial charge is 0.481 e. The van der Waals surface area contributed by atoms with Crippen LogP contribution >= 0.6 is 0 Å². The fourth-order valence-electron chi connectivity index (χ4n) is 1.78. The number of fused-ring (bicyclic) bond motifs is 1. The van der Waals surface area contributed by atoms with Crippen LogP contribution in [0, 0.1) is 0 Å². The van der Waals surface area contributed by atoms with E-state index in [-0.39, 0.29) is 12.3 Å². The smallest absolute Gasteiger partial charge is 0.305 e. The van der Waals surface area contributed by atoms with Crippen molar-refractivity contribution in [1.29, 1.82) is 0 Å². The average molecular weight is 259 g/mol. The number of aliphatic carboxylic acids is 1. The molecule has 1 aromatic heterocycles. The molecule has 0 aliphatic rings. The predicted octanol–water partition coefficient (Wildman–Crippen LogP) is 2.64. The maximum Gasteiger partial charge on any atom is 0.305 e. The Morgan fingerprint density at radius 2 is 2.05 bits per heavy atom. The Bertz CT molecular complexity index is 596. The normalized spacial score (nSPS) is 10.9. The maximum atomic E-state index is 10.6. The van der Waals surface area contributed by atoms with Crippen LogP contribution in [-0.4, -0.2) is 27.6 Å². The molecule has 0 atom stereocenters. The Balaban J connectivity index is 2.36. The molecule has 1 aromatic carbocycles. The molecule has 0 radical (unpaired) electrons. The number of anilines is 1. The van der Waals surface area contributed by atoms with Crippen LogP contribution in [0.4, 0.5) is 5.82 Å². The molecule has 19 heavy (non-hydrogen) atoms. The lowest BCUT2D eigenvalue weighted by Gasteiger charge is -2.11. The number of para-hydroxylation sites is 1. The van der Waals surface area contributed by atoms with Gasteiger partial charge in [0.1, 0.15) is 11.6 Å². The van der Waals surface area contributed by atoms with Crippen molar-refractivity contribution < 1.29 is 9.90 Å². The number of aromatic nitrogens is 2. The molecule has 2 rings (SSSR count). The number of carbonyl (C=O) groups is 1. The Labute approximate surface area is 111 Å². The summed E-state index contributed by atoms with van der Waals surface area (Å²) >= 11 is 0. The highest BCUT2D eigenvalue weighted by Crippen LogP contribution is 2.22. The lowest BCUT2D eigenvalue weighted by molar-refractivity contribution is -0.136. The van der Waals surface area contributed by atoms with Crippen molar-refractivity contribution in [2.24, 2.45) is 0 Å². The fraction of sp³-hybridized carbons (Fsp3) is 0.357. The summed E-state index contributed by atoms with van der Waals surface area (Å²) in [5.41, 5.74) is 0.874. The van der Waals surface area contributed by atoms with Crippen molar-refractivity contribution in [2.75, 3.05) is 11.9 Å². The first-order chi connectivity index (χ1) is 9.08. The van der Waals surface area contributed by atoms with Gasteiger partial charge in [-0.05, 0) is 12.1 Å². The number of carboxylic acids is 1. The minimum absolute atomic E-state index is 0.0648. The molecule has 5 heteroatoms. The van der Waals surface area contributed by atoms with Gasteiger partial charge in [-0.1, -0.05) is 26.0 Å². The molecule has 0 unspecified atom stereocenters. The molecule has 100 valence electrons. The second kappa shape index (κ2) is 5.65. The first kappa shape index (κ1) is 13.3. The lowest BCUT2D eigenvalue weighted by Crippen LogP contribution is -2.11. The summed E-state index contributed by atoms with van der Waals surface area (Å²) in [6.45, 7) is 4.42. The maximum absolute atomic E-state index is 10.6. The standard InChI is InChI=1S/C14H17N3O2/c1-9(2)13-16-11-6-4-3-5-10(11)14(17-13)15-8-7-12(18)19/h3-6,9H,7-8H2,1-2H3,(H,18,19)(H,15,16,17). The highest BCUT2D eigenvalue weighted by atomic mass is 16.4. The van der Waals surface area contributed by atoms with Gasteiger partial charge in [0.25, 0.3) is 0 Å². The third kappa shape index (κ3) is 3.19. The van der Waals surface area contributed by atoms with Crippen LogP contribution < -0.4 is 5.32 Å². The molecule has 0 amide bonds. The SMILES string of the molecule is CC(C)c1nc(NCCC(=O)O)c2ccccc2n1. The van der Waals surface area contributed by atoms with Crippen LogP contribution in [0.25, 0.3) is 10.9 Å². The van der Waals surface area contributed by atoms with Crippen LogP contribution in [0.2, 0.25) is 0 Å². The molecule has 0 saturated heterocycles. The van der Waals surface area contributed by atoms with Crippen LogP contribution in [0.15, 0.2) is 24.3 Å². The number of benzene rings is 1. The number of carboxylic acid groups (broad SMARTS) is 1. The van der Waals surface area contributed by atoms with E-state index >= 15 is 0 Å². The number of hydrogen-bond acceptors (Lipinski definition) is 4. The molecule has 1 heterocycles. The molecule has 0 fully saturated rings. The highest BCUT2D eigenvalue weighted by Gasteiger charge is 2.10. The van der Waals surface area contributed by atoms with E-state index in [2.05, 4.69) is 15.3 Å². The quantitative estimate of drug-likeness (QED) is 0.863. The first-order valence-electron chi connectivity index (χ1n) is 6.30. The second-order valence-corrected chi connectivity index (χ2v) is 4.67. The summed E-state index contributed by atoms with van der Waals surface area (Å²) in [7, 11) is 0. The molecule has 0 aliphatic heterocycles. The van der Waals surface area contributed by atoms with E-state index in [0.29, 0.717) is 12.4 Å². The van der Waals surface area contributed by atoms with Gasteiger partial charge in [-0.2, -0.15) is 0 Å². The summed E-state index contributed by atoms with van der Waals surface area (Å²) in [6, 6.07) is 7.72. The van der Waals surface area contributed by atoms with Crippen molar-refractivity contribution in [1.82, 2.24) is 9.97 Å². The zero-order chi connectivity index (χ0) is 13.8. The van der Waals surface area contributed by atoms with Crippen molar-refractivity contribution in [3.8, 4) is 0 Å². The van der Waals surface area contributed by atoms with E-state index < -0.39 is 5.97 Å². The first-order valence-corrected chi connectivity index (χ1v) is 6.30. The minimum atomic E-state index is -0.824. The molecule has 2 aromatic rings. The molecule has 0 aliphatic carbocycles. The number of rotatable bonds is 5. The Kier molecular flexibility index (Phi) is 3.94. The molecule has 0 saturated carbocycles. The fourth-order valence-corrected chi connectivity index (χ4v) is 1.78. The third-order valence-electron chi connectivity index (χ3n) is 2.77. The topological polar surface area (TPSA) is 75.1 Å². The van der Waals surface area contributed by atoms with E-state index in [1.165, 1.54) is 0 Å². The van der Waals surface area contributed by atoms with Crippen LogP contribution in [0.1, 0.15) is 32.0 Å². The number of nitrogens with one attached hydrogen (secondary N) is 1.